The quantitative estimate of drug-likeness (QED) is 0.383. The molecule has 0 saturated heterocycles. The topological polar surface area (TPSA) is 105 Å². The Bertz CT molecular complexity index is 334. The van der Waals surface area contributed by atoms with Crippen molar-refractivity contribution in [1.29, 1.82) is 0 Å². The number of aliphatic hydroxyl groups is 1. The summed E-state index contributed by atoms with van der Waals surface area (Å²) in [5.74, 6) is 6.48. The van der Waals surface area contributed by atoms with Crippen molar-refractivity contribution in [3.05, 3.63) is 11.9 Å². The zero-order chi connectivity index (χ0) is 12.0. The maximum atomic E-state index is 9.46. The van der Waals surface area contributed by atoms with Crippen LogP contribution in [0.5, 0.6) is 0 Å². The number of anilines is 2. The van der Waals surface area contributed by atoms with Crippen molar-refractivity contribution in [2.45, 2.75) is 13.0 Å². The average Bonchev–Trinajstić information content (AvgIpc) is 2.28. The molecule has 7 heteroatoms. The molecule has 1 atom stereocenters. The Balaban J connectivity index is 2.60. The van der Waals surface area contributed by atoms with Gasteiger partial charge in [-0.1, -0.05) is 0 Å². The second-order valence-electron chi connectivity index (χ2n) is 3.33. The van der Waals surface area contributed by atoms with E-state index in [0.29, 0.717) is 18.2 Å². The first-order valence-corrected chi connectivity index (χ1v) is 4.88. The highest BCUT2D eigenvalue weighted by atomic mass is 16.5. The second kappa shape index (κ2) is 6.21. The number of aliphatic hydroxyl groups excluding tert-OH is 1. The van der Waals surface area contributed by atoms with Crippen molar-refractivity contribution in [1.82, 2.24) is 9.97 Å². The third kappa shape index (κ3) is 3.30. The standard InChI is InChI=1S/C9H17N5O2/c1-6-8(11-3-7(15)4-16-2)12-5-13-9(6)14-10/h5,7,15H,3-4,10H2,1-2H3,(H2,11,12,13,14). The molecule has 1 aromatic heterocycles. The van der Waals surface area contributed by atoms with Crippen molar-refractivity contribution < 1.29 is 9.84 Å². The maximum absolute atomic E-state index is 9.46. The highest BCUT2D eigenvalue weighted by Gasteiger charge is 2.08. The lowest BCUT2D eigenvalue weighted by Gasteiger charge is -2.13. The molecule has 0 amide bonds. The molecule has 0 aliphatic heterocycles. The Labute approximate surface area is 94.0 Å². The van der Waals surface area contributed by atoms with E-state index in [1.807, 2.05) is 6.92 Å². The predicted molar refractivity (Wildman–Crippen MR) is 61.0 cm³/mol. The van der Waals surface area contributed by atoms with E-state index in [-0.39, 0.29) is 6.61 Å². The summed E-state index contributed by atoms with van der Waals surface area (Å²) in [6, 6.07) is 0. The zero-order valence-electron chi connectivity index (χ0n) is 9.40. The molecule has 1 rings (SSSR count). The molecular weight excluding hydrogens is 210 g/mol. The summed E-state index contributed by atoms with van der Waals surface area (Å²) in [5.41, 5.74) is 3.27. The fraction of sp³-hybridized carbons (Fsp3) is 0.556. The summed E-state index contributed by atoms with van der Waals surface area (Å²) in [7, 11) is 1.54. The van der Waals surface area contributed by atoms with Gasteiger partial charge in [-0.25, -0.2) is 15.8 Å². The van der Waals surface area contributed by atoms with Gasteiger partial charge in [0, 0.05) is 19.2 Å². The molecule has 0 radical (unpaired) electrons. The minimum Gasteiger partial charge on any atom is -0.389 e. The monoisotopic (exact) mass is 227 g/mol. The molecule has 0 bridgehead atoms. The van der Waals surface area contributed by atoms with Gasteiger partial charge in [0.2, 0.25) is 0 Å². The number of nitrogens with one attached hydrogen (secondary N) is 2. The van der Waals surface area contributed by atoms with Crippen LogP contribution in [0.2, 0.25) is 0 Å². The molecule has 1 unspecified atom stereocenters. The predicted octanol–water partition coefficient (Wildman–Crippen LogP) is -0.510. The number of ether oxygens (including phenoxy) is 1. The molecule has 16 heavy (non-hydrogen) atoms. The van der Waals surface area contributed by atoms with Gasteiger partial charge in [-0.2, -0.15) is 0 Å². The number of nitrogens with zero attached hydrogens (tertiary/aromatic N) is 2. The van der Waals surface area contributed by atoms with Crippen LogP contribution in [0.3, 0.4) is 0 Å². The number of nitrogen functional groups attached to an aromatic ring is 1. The number of aromatic nitrogens is 2. The highest BCUT2D eigenvalue weighted by molar-refractivity contribution is 5.55. The van der Waals surface area contributed by atoms with Gasteiger partial charge in [0.15, 0.2) is 0 Å². The van der Waals surface area contributed by atoms with E-state index in [0.717, 1.165) is 5.56 Å². The number of nitrogens with two attached hydrogens (primary N) is 1. The van der Waals surface area contributed by atoms with Crippen molar-refractivity contribution >= 4 is 11.6 Å². The summed E-state index contributed by atoms with van der Waals surface area (Å²) in [6.07, 6.45) is 0.821. The van der Waals surface area contributed by atoms with E-state index in [9.17, 15) is 5.11 Å². The van der Waals surface area contributed by atoms with Gasteiger partial charge in [0.25, 0.3) is 0 Å². The van der Waals surface area contributed by atoms with E-state index in [1.54, 1.807) is 0 Å². The molecule has 1 heterocycles. The van der Waals surface area contributed by atoms with Crippen molar-refractivity contribution in [2.75, 3.05) is 31.0 Å². The molecule has 5 N–H and O–H groups in total. The van der Waals surface area contributed by atoms with Gasteiger partial charge in [0.1, 0.15) is 18.0 Å². The summed E-state index contributed by atoms with van der Waals surface area (Å²) in [5, 5.41) is 12.5. The van der Waals surface area contributed by atoms with Crippen LogP contribution in [0, 0.1) is 6.92 Å². The molecular formula is C9H17N5O2. The third-order valence-electron chi connectivity index (χ3n) is 2.08. The van der Waals surface area contributed by atoms with Gasteiger partial charge >= 0.3 is 0 Å². The molecule has 0 saturated carbocycles. The molecule has 90 valence electrons. The zero-order valence-corrected chi connectivity index (χ0v) is 9.40. The van der Waals surface area contributed by atoms with Gasteiger partial charge in [-0.3, -0.25) is 0 Å². The summed E-state index contributed by atoms with van der Waals surface area (Å²) in [6.45, 7) is 2.47. The Hall–Kier alpha value is -1.44. The lowest BCUT2D eigenvalue weighted by atomic mass is 10.3. The summed E-state index contributed by atoms with van der Waals surface area (Å²) >= 11 is 0. The Kier molecular flexibility index (Phi) is 4.90. The van der Waals surface area contributed by atoms with Gasteiger partial charge in [0.05, 0.1) is 12.7 Å². The van der Waals surface area contributed by atoms with Crippen LogP contribution < -0.4 is 16.6 Å². The molecule has 7 nitrogen and oxygen atoms in total. The molecule has 0 spiro atoms. The fourth-order valence-corrected chi connectivity index (χ4v) is 1.24. The van der Waals surface area contributed by atoms with Crippen LogP contribution in [-0.2, 0) is 4.74 Å². The maximum Gasteiger partial charge on any atom is 0.148 e. The number of hydrogen-bond donors (Lipinski definition) is 4. The van der Waals surface area contributed by atoms with Crippen molar-refractivity contribution in [3.63, 3.8) is 0 Å². The first-order valence-electron chi connectivity index (χ1n) is 4.88. The normalized spacial score (nSPS) is 12.2. The molecule has 0 aromatic carbocycles. The van der Waals surface area contributed by atoms with Crippen LogP contribution in [0.15, 0.2) is 6.33 Å². The number of methoxy groups -OCH3 is 1. The van der Waals surface area contributed by atoms with Crippen LogP contribution in [0.4, 0.5) is 11.6 Å². The lowest BCUT2D eigenvalue weighted by molar-refractivity contribution is 0.0727. The van der Waals surface area contributed by atoms with Crippen LogP contribution in [0.25, 0.3) is 0 Å². The van der Waals surface area contributed by atoms with Gasteiger partial charge in [-0.15, -0.1) is 0 Å². The van der Waals surface area contributed by atoms with Crippen LogP contribution in [0.1, 0.15) is 5.56 Å². The number of rotatable bonds is 6. The first-order chi connectivity index (χ1) is 7.69. The number of hydrogen-bond acceptors (Lipinski definition) is 7. The minimum atomic E-state index is -0.575. The minimum absolute atomic E-state index is 0.277. The van der Waals surface area contributed by atoms with Gasteiger partial charge < -0.3 is 20.6 Å². The molecule has 0 aliphatic carbocycles. The Morgan fingerprint density at radius 3 is 2.81 bits per heavy atom. The lowest BCUT2D eigenvalue weighted by Crippen LogP contribution is -2.25. The van der Waals surface area contributed by atoms with Crippen LogP contribution >= 0.6 is 0 Å². The van der Waals surface area contributed by atoms with E-state index < -0.39 is 6.10 Å². The SMILES string of the molecule is COCC(O)CNc1ncnc(NN)c1C. The van der Waals surface area contributed by atoms with E-state index in [4.69, 9.17) is 10.6 Å². The fourth-order valence-electron chi connectivity index (χ4n) is 1.24. The Morgan fingerprint density at radius 2 is 2.19 bits per heavy atom. The molecule has 0 aliphatic rings. The van der Waals surface area contributed by atoms with Crippen LogP contribution in [-0.4, -0.2) is 41.4 Å². The highest BCUT2D eigenvalue weighted by Crippen LogP contribution is 2.16. The van der Waals surface area contributed by atoms with E-state index in [1.165, 1.54) is 13.4 Å². The van der Waals surface area contributed by atoms with Gasteiger partial charge in [-0.05, 0) is 6.92 Å². The van der Waals surface area contributed by atoms with Crippen molar-refractivity contribution in [2.24, 2.45) is 5.84 Å². The summed E-state index contributed by atoms with van der Waals surface area (Å²) in [4.78, 5) is 8.00. The second-order valence-corrected chi connectivity index (χ2v) is 3.33. The average molecular weight is 227 g/mol. The van der Waals surface area contributed by atoms with E-state index in [2.05, 4.69) is 20.7 Å². The molecule has 1 aromatic rings. The third-order valence-corrected chi connectivity index (χ3v) is 2.08. The first kappa shape index (κ1) is 12.6. The Morgan fingerprint density at radius 1 is 1.50 bits per heavy atom. The summed E-state index contributed by atoms with van der Waals surface area (Å²) < 4.78 is 4.81. The van der Waals surface area contributed by atoms with Crippen molar-refractivity contribution in [3.8, 4) is 0 Å². The molecule has 0 fully saturated rings. The smallest absolute Gasteiger partial charge is 0.148 e. The largest absolute Gasteiger partial charge is 0.389 e. The number of hydrazine groups is 1. The van der Waals surface area contributed by atoms with E-state index >= 15 is 0 Å².